The Morgan fingerprint density at radius 2 is 1.80 bits per heavy atom. The third-order valence-electron chi connectivity index (χ3n) is 4.21. The van der Waals surface area contributed by atoms with Gasteiger partial charge in [-0.3, -0.25) is 4.79 Å². The van der Waals surface area contributed by atoms with E-state index in [1.54, 1.807) is 0 Å². The van der Waals surface area contributed by atoms with Crippen molar-refractivity contribution in [2.24, 2.45) is 0 Å². The van der Waals surface area contributed by atoms with Crippen molar-refractivity contribution in [2.75, 3.05) is 0 Å². The Morgan fingerprint density at radius 1 is 1.12 bits per heavy atom. The van der Waals surface area contributed by atoms with Crippen molar-refractivity contribution in [2.45, 2.75) is 59.1 Å². The molecule has 0 heterocycles. The van der Waals surface area contributed by atoms with Crippen LogP contribution in [0.1, 0.15) is 43.9 Å². The van der Waals surface area contributed by atoms with Crippen molar-refractivity contribution < 1.29 is 9.53 Å². The van der Waals surface area contributed by atoms with Crippen LogP contribution in [0.5, 0.6) is 5.75 Å². The van der Waals surface area contributed by atoms with Crippen LogP contribution >= 0.6 is 0 Å². The molecule has 2 aromatic carbocycles. The molecule has 0 aliphatic heterocycles. The minimum absolute atomic E-state index is 0.0663. The standard InChI is InChI=1S/C22H29NO2/c1-6-19(25-20-13-12-16(2)14-17(20)3)21(24)23-22(4,5)15-18-10-8-7-9-11-18/h7-14,19H,6,15H2,1-5H3,(H,23,24)/t19-/m1/s1. The van der Waals surface area contributed by atoms with Crippen LogP contribution in [0.25, 0.3) is 0 Å². The van der Waals surface area contributed by atoms with Gasteiger partial charge < -0.3 is 10.1 Å². The highest BCUT2D eigenvalue weighted by atomic mass is 16.5. The molecule has 0 aromatic heterocycles. The molecule has 3 heteroatoms. The number of rotatable bonds is 7. The van der Waals surface area contributed by atoms with E-state index in [2.05, 4.69) is 23.5 Å². The number of aryl methyl sites for hydroxylation is 2. The van der Waals surface area contributed by atoms with E-state index in [1.807, 2.05) is 65.0 Å². The highest BCUT2D eigenvalue weighted by Crippen LogP contribution is 2.21. The van der Waals surface area contributed by atoms with Crippen molar-refractivity contribution in [1.29, 1.82) is 0 Å². The first-order chi connectivity index (χ1) is 11.8. The Kier molecular flexibility index (Phi) is 6.24. The lowest BCUT2D eigenvalue weighted by molar-refractivity contribution is -0.129. The monoisotopic (exact) mass is 339 g/mol. The predicted molar refractivity (Wildman–Crippen MR) is 103 cm³/mol. The molecule has 0 unspecified atom stereocenters. The van der Waals surface area contributed by atoms with Crippen LogP contribution in [0.2, 0.25) is 0 Å². The fourth-order valence-corrected chi connectivity index (χ4v) is 2.97. The highest BCUT2D eigenvalue weighted by Gasteiger charge is 2.26. The van der Waals surface area contributed by atoms with E-state index >= 15 is 0 Å². The van der Waals surface area contributed by atoms with Crippen molar-refractivity contribution in [3.63, 3.8) is 0 Å². The highest BCUT2D eigenvalue weighted by molar-refractivity contribution is 5.81. The van der Waals surface area contributed by atoms with Crippen molar-refractivity contribution in [3.05, 3.63) is 65.2 Å². The lowest BCUT2D eigenvalue weighted by Gasteiger charge is -2.29. The minimum Gasteiger partial charge on any atom is -0.480 e. The molecule has 1 N–H and O–H groups in total. The number of hydrogen-bond acceptors (Lipinski definition) is 2. The molecule has 1 atom stereocenters. The smallest absolute Gasteiger partial charge is 0.261 e. The molecule has 0 fully saturated rings. The number of carbonyl (C=O) groups is 1. The quantitative estimate of drug-likeness (QED) is 0.801. The van der Waals surface area contributed by atoms with Gasteiger partial charge >= 0.3 is 0 Å². The average Bonchev–Trinajstić information content (AvgIpc) is 2.54. The van der Waals surface area contributed by atoms with E-state index in [0.29, 0.717) is 6.42 Å². The molecule has 0 saturated carbocycles. The second-order valence-corrected chi connectivity index (χ2v) is 7.32. The second kappa shape index (κ2) is 8.19. The van der Waals surface area contributed by atoms with E-state index in [-0.39, 0.29) is 11.4 Å². The lowest BCUT2D eigenvalue weighted by Crippen LogP contribution is -2.50. The molecule has 0 saturated heterocycles. The summed E-state index contributed by atoms with van der Waals surface area (Å²) in [5.41, 5.74) is 3.11. The van der Waals surface area contributed by atoms with Gasteiger partial charge in [0.25, 0.3) is 5.91 Å². The summed E-state index contributed by atoms with van der Waals surface area (Å²) in [7, 11) is 0. The molecule has 0 bridgehead atoms. The number of amides is 1. The Bertz CT molecular complexity index is 707. The summed E-state index contributed by atoms with van der Waals surface area (Å²) >= 11 is 0. The van der Waals surface area contributed by atoms with Gasteiger partial charge in [-0.1, -0.05) is 55.0 Å². The van der Waals surface area contributed by atoms with E-state index in [1.165, 1.54) is 11.1 Å². The molecule has 0 spiro atoms. The van der Waals surface area contributed by atoms with E-state index in [4.69, 9.17) is 4.74 Å². The largest absolute Gasteiger partial charge is 0.480 e. The van der Waals surface area contributed by atoms with Gasteiger partial charge in [-0.2, -0.15) is 0 Å². The van der Waals surface area contributed by atoms with Gasteiger partial charge in [0.05, 0.1) is 0 Å². The van der Waals surface area contributed by atoms with Crippen LogP contribution in [0.15, 0.2) is 48.5 Å². The van der Waals surface area contributed by atoms with E-state index in [0.717, 1.165) is 17.7 Å². The molecule has 25 heavy (non-hydrogen) atoms. The van der Waals surface area contributed by atoms with Crippen LogP contribution < -0.4 is 10.1 Å². The van der Waals surface area contributed by atoms with Crippen molar-refractivity contribution in [3.8, 4) is 5.75 Å². The van der Waals surface area contributed by atoms with Gasteiger partial charge in [0, 0.05) is 5.54 Å². The molecular formula is C22H29NO2. The first-order valence-corrected chi connectivity index (χ1v) is 8.90. The molecule has 0 aliphatic rings. The molecular weight excluding hydrogens is 310 g/mol. The summed E-state index contributed by atoms with van der Waals surface area (Å²) in [6, 6.07) is 16.2. The van der Waals surface area contributed by atoms with Crippen LogP contribution in [-0.4, -0.2) is 17.6 Å². The van der Waals surface area contributed by atoms with Crippen LogP contribution in [0.4, 0.5) is 0 Å². The Labute approximate surface area is 151 Å². The van der Waals surface area contributed by atoms with Gasteiger partial charge in [0.15, 0.2) is 6.10 Å². The maximum atomic E-state index is 12.7. The second-order valence-electron chi connectivity index (χ2n) is 7.32. The number of benzene rings is 2. The average molecular weight is 339 g/mol. The number of ether oxygens (including phenoxy) is 1. The predicted octanol–water partition coefficient (Wildman–Crippen LogP) is 4.60. The Morgan fingerprint density at radius 3 is 2.40 bits per heavy atom. The Hall–Kier alpha value is -2.29. The van der Waals surface area contributed by atoms with Crippen LogP contribution in [0.3, 0.4) is 0 Å². The van der Waals surface area contributed by atoms with Crippen LogP contribution in [-0.2, 0) is 11.2 Å². The minimum atomic E-state index is -0.489. The molecule has 134 valence electrons. The number of nitrogens with one attached hydrogen (secondary N) is 1. The van der Waals surface area contributed by atoms with Gasteiger partial charge in [-0.15, -0.1) is 0 Å². The summed E-state index contributed by atoms with van der Waals surface area (Å²) in [4.78, 5) is 12.7. The zero-order valence-corrected chi connectivity index (χ0v) is 15.9. The van der Waals surface area contributed by atoms with Gasteiger partial charge in [-0.25, -0.2) is 0 Å². The van der Waals surface area contributed by atoms with Crippen LogP contribution in [0, 0.1) is 13.8 Å². The Balaban J connectivity index is 2.03. The first kappa shape index (κ1) is 19.0. The molecule has 1 amide bonds. The van der Waals surface area contributed by atoms with Gasteiger partial charge in [0.1, 0.15) is 5.75 Å². The zero-order chi connectivity index (χ0) is 18.4. The lowest BCUT2D eigenvalue weighted by atomic mass is 9.94. The fourth-order valence-electron chi connectivity index (χ4n) is 2.97. The summed E-state index contributed by atoms with van der Waals surface area (Å²) in [5, 5.41) is 3.14. The maximum Gasteiger partial charge on any atom is 0.261 e. The fraction of sp³-hybridized carbons (Fsp3) is 0.409. The number of hydrogen-bond donors (Lipinski definition) is 1. The molecule has 2 rings (SSSR count). The van der Waals surface area contributed by atoms with E-state index in [9.17, 15) is 4.79 Å². The maximum absolute atomic E-state index is 12.7. The van der Waals surface area contributed by atoms with Crippen molar-refractivity contribution in [1.82, 2.24) is 5.32 Å². The topological polar surface area (TPSA) is 38.3 Å². The third-order valence-corrected chi connectivity index (χ3v) is 4.21. The first-order valence-electron chi connectivity index (χ1n) is 8.90. The van der Waals surface area contributed by atoms with E-state index < -0.39 is 6.10 Å². The summed E-state index contributed by atoms with van der Waals surface area (Å²) in [6.45, 7) is 10.1. The molecule has 3 nitrogen and oxygen atoms in total. The number of carbonyl (C=O) groups excluding carboxylic acids is 1. The normalized spacial score (nSPS) is 12.5. The van der Waals surface area contributed by atoms with Gasteiger partial charge in [0.2, 0.25) is 0 Å². The summed E-state index contributed by atoms with van der Waals surface area (Å²) in [6.07, 6.45) is 0.914. The van der Waals surface area contributed by atoms with Gasteiger partial charge in [-0.05, 0) is 57.7 Å². The summed E-state index contributed by atoms with van der Waals surface area (Å²) in [5.74, 6) is 0.705. The third kappa shape index (κ3) is 5.63. The van der Waals surface area contributed by atoms with Crippen molar-refractivity contribution >= 4 is 5.91 Å². The molecule has 2 aromatic rings. The molecule has 0 radical (unpaired) electrons. The zero-order valence-electron chi connectivity index (χ0n) is 15.9. The molecule has 0 aliphatic carbocycles. The summed E-state index contributed by atoms with van der Waals surface area (Å²) < 4.78 is 6.00. The SMILES string of the molecule is CC[C@@H](Oc1ccc(C)cc1C)C(=O)NC(C)(C)Cc1ccccc1.